The number of aliphatic carboxylic acids is 2. The predicted molar refractivity (Wildman–Crippen MR) is 65.7 cm³/mol. The Kier molecular flexibility index (Phi) is 21.3. The number of nitrogens with zero attached hydrogens (tertiary/aromatic N) is 1. The van der Waals surface area contributed by atoms with Gasteiger partial charge in [0.25, 0.3) is 0 Å². The first-order valence-corrected chi connectivity index (χ1v) is 7.75. The van der Waals surface area contributed by atoms with E-state index in [0.29, 0.717) is 5.92 Å². The second-order valence-corrected chi connectivity index (χ2v) is 3.34. The van der Waals surface area contributed by atoms with Crippen LogP contribution in [-0.4, -0.2) is 28.2 Å². The van der Waals surface area contributed by atoms with Crippen LogP contribution < -0.4 is 0 Å². The van der Waals surface area contributed by atoms with Crippen molar-refractivity contribution in [3.8, 4) is 0 Å². The van der Waals surface area contributed by atoms with Gasteiger partial charge in [0, 0.05) is 0 Å². The summed E-state index contributed by atoms with van der Waals surface area (Å²) < 4.78 is 0. The van der Waals surface area contributed by atoms with Crippen LogP contribution in [0.4, 0.5) is 0 Å². The number of halogens is 1. The van der Waals surface area contributed by atoms with Gasteiger partial charge in [-0.25, -0.2) is 9.59 Å². The summed E-state index contributed by atoms with van der Waals surface area (Å²) in [4.78, 5) is 26.2. The molecule has 8 nitrogen and oxygen atoms in total. The van der Waals surface area contributed by atoms with E-state index in [0.717, 1.165) is 11.8 Å². The zero-order chi connectivity index (χ0) is 15.8. The van der Waals surface area contributed by atoms with Crippen LogP contribution >= 0.6 is 9.42 Å². The van der Waals surface area contributed by atoms with Gasteiger partial charge in [-0.15, -0.1) is 5.34 Å². The number of carboxylic acids is 2. The topological polar surface area (TPSA) is 151 Å². The Bertz CT molecular complexity index is 235. The van der Waals surface area contributed by atoms with E-state index in [1.807, 2.05) is 0 Å². The molecule has 10 heteroatoms. The van der Waals surface area contributed by atoms with Gasteiger partial charge in [0.15, 0.2) is 0 Å². The molecule has 1 saturated carbocycles. The van der Waals surface area contributed by atoms with E-state index < -0.39 is 11.9 Å². The Labute approximate surface area is 126 Å². The normalized spacial score (nSPS) is 20.1. The summed E-state index contributed by atoms with van der Waals surface area (Å²) in [7, 11) is 4.61. The van der Waals surface area contributed by atoms with Crippen LogP contribution in [0.5, 0.6) is 0 Å². The van der Waals surface area contributed by atoms with E-state index in [2.05, 4.69) is 16.3 Å². The molecule has 2 unspecified atom stereocenters. The molecule has 1 aliphatic rings. The van der Waals surface area contributed by atoms with Crippen molar-refractivity contribution in [2.45, 2.75) is 31.7 Å². The first-order valence-electron chi connectivity index (χ1n) is 4.94. The Morgan fingerprint density at radius 2 is 1.58 bits per heavy atom. The van der Waals surface area contributed by atoms with Crippen LogP contribution in [-0.2, 0) is 28.4 Å². The SMILES string of the molecule is O=C(O)C(=O)O.O=N[O-].[CH2-]C1CCCCC1[NH-].[Cl][Pt]. The summed E-state index contributed by atoms with van der Waals surface area (Å²) in [6.45, 7) is 3.89. The average Bonchev–Trinajstić information content (AvgIpc) is 2.37. The minimum absolute atomic E-state index is 0.142. The van der Waals surface area contributed by atoms with Crippen molar-refractivity contribution >= 4 is 21.4 Å². The monoisotopic (exact) mass is 477 g/mol. The third kappa shape index (κ3) is 19.8. The molecule has 0 radical (unpaired) electrons. The van der Waals surface area contributed by atoms with Crippen molar-refractivity contribution in [3.63, 3.8) is 0 Å². The Morgan fingerprint density at radius 1 is 1.26 bits per heavy atom. The Hall–Kier alpha value is -0.722. The standard InChI is InChI=1S/C7H13N.C2H2O4.ClH.HNO2.Pt/c1-6-4-2-3-5-7(6)8;3-1(4)2(5)6;;2-1-3;/h6-8H,1-5H2;(H,3,4)(H,5,6);1H;(H,2,3);/q-2;;;;+1/p-2. The van der Waals surface area contributed by atoms with Crippen LogP contribution in [0, 0.1) is 23.0 Å². The predicted octanol–water partition coefficient (Wildman–Crippen LogP) is 2.52. The van der Waals surface area contributed by atoms with Crippen LogP contribution in [0.2, 0.25) is 0 Å². The molecule has 3 N–H and O–H groups in total. The molecule has 0 bridgehead atoms. The van der Waals surface area contributed by atoms with Crippen molar-refractivity contribution in [3.05, 3.63) is 22.8 Å². The molecule has 117 valence electrons. The van der Waals surface area contributed by atoms with Gasteiger partial charge in [0.2, 0.25) is 0 Å². The summed E-state index contributed by atoms with van der Waals surface area (Å²) >= 11 is 1.61. The van der Waals surface area contributed by atoms with Gasteiger partial charge in [-0.05, 0) is 0 Å². The average molecular weight is 478 g/mol. The molecule has 1 aliphatic carbocycles. The fourth-order valence-corrected chi connectivity index (χ4v) is 1.21. The molecule has 0 aromatic heterocycles. The van der Waals surface area contributed by atoms with Gasteiger partial charge in [-0.3, -0.25) is 0 Å². The number of carboxylic acid groups (broad SMARTS) is 2. The molecule has 0 heterocycles. The molecule has 1 fully saturated rings. The third-order valence-electron chi connectivity index (χ3n) is 2.09. The maximum atomic E-state index is 9.10. The van der Waals surface area contributed by atoms with E-state index in [-0.39, 0.29) is 6.04 Å². The summed E-state index contributed by atoms with van der Waals surface area (Å²) in [6.07, 6.45) is 4.80. The number of carbonyl (C=O) groups is 2. The minimum atomic E-state index is -1.82. The van der Waals surface area contributed by atoms with E-state index in [9.17, 15) is 0 Å². The zero-order valence-corrected chi connectivity index (χ0v) is 12.9. The molecule has 0 amide bonds. The van der Waals surface area contributed by atoms with Crippen molar-refractivity contribution in [1.29, 1.82) is 0 Å². The quantitative estimate of drug-likeness (QED) is 0.237. The molecular weight excluding hydrogens is 463 g/mol. The summed E-state index contributed by atoms with van der Waals surface area (Å²) in [5, 5.41) is 23.8. The second-order valence-electron chi connectivity index (χ2n) is 3.34. The van der Waals surface area contributed by atoms with Crippen LogP contribution in [0.25, 0.3) is 5.73 Å². The number of hydrogen-bond acceptors (Lipinski definition) is 5. The Morgan fingerprint density at radius 3 is 1.74 bits per heavy atom. The maximum absolute atomic E-state index is 9.10. The van der Waals surface area contributed by atoms with Gasteiger partial charge in [0.1, 0.15) is 0 Å². The molecule has 2 atom stereocenters. The van der Waals surface area contributed by atoms with Crippen LogP contribution in [0.1, 0.15) is 25.7 Å². The number of hydrogen-bond donors (Lipinski definition) is 2. The molecule has 0 aromatic rings. The van der Waals surface area contributed by atoms with Gasteiger partial charge in [0.05, 0.1) is 0 Å². The first kappa shape index (κ1) is 23.4. The molecule has 1 rings (SSSR count). The van der Waals surface area contributed by atoms with E-state index >= 15 is 0 Å². The zero-order valence-electron chi connectivity index (χ0n) is 9.86. The van der Waals surface area contributed by atoms with Gasteiger partial charge < -0.3 is 33.0 Å². The van der Waals surface area contributed by atoms with Crippen LogP contribution in [0.15, 0.2) is 5.34 Å². The van der Waals surface area contributed by atoms with Crippen molar-refractivity contribution in [2.75, 3.05) is 0 Å². The molecule has 19 heavy (non-hydrogen) atoms. The molecule has 0 aliphatic heterocycles. The summed E-state index contributed by atoms with van der Waals surface area (Å²) in [6, 6.07) is 0.142. The van der Waals surface area contributed by atoms with Gasteiger partial charge in [-0.1, -0.05) is 25.7 Å². The van der Waals surface area contributed by atoms with Crippen molar-refractivity contribution < 1.29 is 38.6 Å². The molecule has 0 aromatic carbocycles. The molecular formula is C9H15ClN2O6Pt-3. The second kappa shape index (κ2) is 17.3. The Balaban J connectivity index is -0.000000207. The van der Waals surface area contributed by atoms with E-state index in [4.69, 9.17) is 35.7 Å². The fraction of sp³-hybridized carbons (Fsp3) is 0.667. The summed E-state index contributed by atoms with van der Waals surface area (Å²) in [5.41, 5.74) is 7.42. The number of nitrogens with one attached hydrogen (secondary N) is 1. The van der Waals surface area contributed by atoms with Crippen LogP contribution in [0.3, 0.4) is 0 Å². The van der Waals surface area contributed by atoms with E-state index in [1.165, 1.54) is 19.3 Å². The fourth-order valence-electron chi connectivity index (χ4n) is 1.21. The molecule has 0 saturated heterocycles. The number of rotatable bonds is 0. The van der Waals surface area contributed by atoms with Crippen molar-refractivity contribution in [1.82, 2.24) is 0 Å². The summed E-state index contributed by atoms with van der Waals surface area (Å²) in [5.74, 6) is -3.23. The molecule has 0 spiro atoms. The van der Waals surface area contributed by atoms with E-state index in [1.54, 1.807) is 18.8 Å². The third-order valence-corrected chi connectivity index (χ3v) is 2.09. The van der Waals surface area contributed by atoms with Gasteiger partial charge in [-0.2, -0.15) is 12.0 Å². The van der Waals surface area contributed by atoms with Gasteiger partial charge >= 0.3 is 40.1 Å². The van der Waals surface area contributed by atoms with Crippen molar-refractivity contribution in [2.24, 2.45) is 11.3 Å². The first-order chi connectivity index (χ1) is 8.86.